The number of nitrogens with zero attached hydrogens (tertiary/aromatic N) is 3. The second kappa shape index (κ2) is 11.5. The molecule has 4 rings (SSSR count). The van der Waals surface area contributed by atoms with E-state index < -0.39 is 23.5 Å². The predicted molar refractivity (Wildman–Crippen MR) is 155 cm³/mol. The summed E-state index contributed by atoms with van der Waals surface area (Å²) in [6.45, 7) is 11.3. The van der Waals surface area contributed by atoms with Crippen LogP contribution in [-0.4, -0.2) is 49.4 Å². The van der Waals surface area contributed by atoms with Crippen LogP contribution in [-0.2, 0) is 16.0 Å². The Bertz CT molecular complexity index is 1510. The maximum Gasteiger partial charge on any atom is 0.329 e. The van der Waals surface area contributed by atoms with E-state index in [-0.39, 0.29) is 22.0 Å². The van der Waals surface area contributed by atoms with Gasteiger partial charge in [-0.3, -0.25) is 15.1 Å². The van der Waals surface area contributed by atoms with Crippen molar-refractivity contribution in [2.45, 2.75) is 65.2 Å². The third-order valence-corrected chi connectivity index (χ3v) is 6.18. The van der Waals surface area contributed by atoms with Gasteiger partial charge in [-0.1, -0.05) is 35.6 Å². The van der Waals surface area contributed by atoms with E-state index >= 15 is 0 Å². The summed E-state index contributed by atoms with van der Waals surface area (Å²) < 4.78 is 11.5. The summed E-state index contributed by atoms with van der Waals surface area (Å²) in [6, 6.07) is 13.5. The molecule has 1 atom stereocenters. The van der Waals surface area contributed by atoms with Crippen LogP contribution in [0.3, 0.4) is 0 Å². The van der Waals surface area contributed by atoms with Gasteiger partial charge in [0.1, 0.15) is 28.5 Å². The number of phenolic OH excluding ortho intramolecular Hbond substituents is 1. The number of nitrogens with one attached hydrogen (secondary N) is 2. The van der Waals surface area contributed by atoms with Gasteiger partial charge in [0.25, 0.3) is 5.91 Å². The Labute approximate surface area is 236 Å². The molecule has 0 saturated heterocycles. The lowest BCUT2D eigenvalue weighted by atomic mass is 10.1. The summed E-state index contributed by atoms with van der Waals surface area (Å²) in [7, 11) is 0. The van der Waals surface area contributed by atoms with Crippen LogP contribution in [0.5, 0.6) is 11.5 Å². The smallest absolute Gasteiger partial charge is 0.329 e. The molecule has 0 aliphatic rings. The molecule has 2 heterocycles. The van der Waals surface area contributed by atoms with Crippen molar-refractivity contribution in [2.24, 2.45) is 0 Å². The molecule has 0 radical (unpaired) electrons. The lowest BCUT2D eigenvalue weighted by Crippen LogP contribution is -2.38. The highest BCUT2D eigenvalue weighted by Gasteiger charge is 2.27. The SMILES string of the molecule is CC(C)(C)OC(=O)C(Cc1ccc(OC(C)(C)C)cc1)Nc1nnc(NC(=O)c2ccc3cccnc3c2O)s1. The van der Waals surface area contributed by atoms with E-state index in [0.717, 1.165) is 22.6 Å². The van der Waals surface area contributed by atoms with E-state index in [0.29, 0.717) is 22.5 Å². The van der Waals surface area contributed by atoms with Gasteiger partial charge in [0.05, 0.1) is 5.56 Å². The predicted octanol–water partition coefficient (Wildman–Crippen LogP) is 5.59. The van der Waals surface area contributed by atoms with Crippen LogP contribution in [0.2, 0.25) is 0 Å². The van der Waals surface area contributed by atoms with Crippen LogP contribution >= 0.6 is 11.3 Å². The van der Waals surface area contributed by atoms with Crippen LogP contribution in [0, 0.1) is 0 Å². The molecule has 0 fully saturated rings. The van der Waals surface area contributed by atoms with E-state index in [1.54, 1.807) is 45.2 Å². The van der Waals surface area contributed by atoms with Crippen molar-refractivity contribution >= 4 is 44.4 Å². The molecule has 10 nitrogen and oxygen atoms in total. The highest BCUT2D eigenvalue weighted by atomic mass is 32.1. The average Bonchev–Trinajstić information content (AvgIpc) is 3.29. The molecule has 1 amide bonds. The minimum Gasteiger partial charge on any atom is -0.505 e. The van der Waals surface area contributed by atoms with Crippen LogP contribution in [0.25, 0.3) is 10.9 Å². The van der Waals surface area contributed by atoms with Crippen molar-refractivity contribution in [3.63, 3.8) is 0 Å². The Morgan fingerprint density at radius 1 is 0.950 bits per heavy atom. The number of hydrogen-bond acceptors (Lipinski definition) is 10. The Kier molecular flexibility index (Phi) is 8.24. The van der Waals surface area contributed by atoms with Crippen molar-refractivity contribution in [3.05, 3.63) is 65.9 Å². The molecule has 210 valence electrons. The zero-order valence-corrected chi connectivity index (χ0v) is 24.1. The third-order valence-electron chi connectivity index (χ3n) is 5.41. The van der Waals surface area contributed by atoms with Crippen molar-refractivity contribution < 1.29 is 24.2 Å². The van der Waals surface area contributed by atoms with Gasteiger partial charge in [-0.05, 0) is 71.4 Å². The molecule has 3 N–H and O–H groups in total. The number of pyridine rings is 1. The first-order chi connectivity index (χ1) is 18.8. The molecule has 11 heteroatoms. The maximum atomic E-state index is 13.1. The first kappa shape index (κ1) is 28.8. The average molecular weight is 564 g/mol. The Morgan fingerprint density at radius 2 is 1.65 bits per heavy atom. The van der Waals surface area contributed by atoms with Crippen LogP contribution in [0.4, 0.5) is 10.3 Å². The summed E-state index contributed by atoms with van der Waals surface area (Å²) in [5.41, 5.74) is 0.271. The summed E-state index contributed by atoms with van der Waals surface area (Å²) in [5, 5.41) is 25.6. The van der Waals surface area contributed by atoms with E-state index in [4.69, 9.17) is 9.47 Å². The first-order valence-electron chi connectivity index (χ1n) is 12.8. The Hall–Kier alpha value is -4.25. The van der Waals surface area contributed by atoms with Crippen molar-refractivity contribution in [3.8, 4) is 11.5 Å². The van der Waals surface area contributed by atoms with Gasteiger partial charge in [0.15, 0.2) is 5.75 Å². The Morgan fingerprint density at radius 3 is 2.33 bits per heavy atom. The number of amides is 1. The van der Waals surface area contributed by atoms with Crippen LogP contribution in [0.1, 0.15) is 57.5 Å². The zero-order chi connectivity index (χ0) is 29.1. The number of phenols is 1. The highest BCUT2D eigenvalue weighted by molar-refractivity contribution is 7.19. The maximum absolute atomic E-state index is 13.1. The normalized spacial score (nSPS) is 12.6. The standard InChI is InChI=1S/C29H33N5O5S/c1-28(2,3)38-19-12-9-17(10-13-19)16-21(25(37)39-29(4,5)6)31-26-33-34-27(40-26)32-24(36)20-14-11-18-8-7-15-30-22(18)23(20)35/h7-15,21,35H,16H2,1-6H3,(H,31,33)(H,32,34,36). The number of aromatic nitrogens is 3. The minimum absolute atomic E-state index is 0.0569. The van der Waals surface area contributed by atoms with Crippen LogP contribution in [0.15, 0.2) is 54.7 Å². The largest absolute Gasteiger partial charge is 0.505 e. The molecule has 0 aliphatic heterocycles. The number of anilines is 2. The second-order valence-corrected chi connectivity index (χ2v) is 12.2. The van der Waals surface area contributed by atoms with E-state index in [1.165, 1.54) is 6.07 Å². The fraction of sp³-hybridized carbons (Fsp3) is 0.345. The molecule has 0 saturated carbocycles. The molecule has 4 aromatic rings. The molecule has 0 bridgehead atoms. The molecule has 2 aromatic heterocycles. The number of carbonyl (C=O) groups is 2. The van der Waals surface area contributed by atoms with Gasteiger partial charge in [-0.25, -0.2) is 4.79 Å². The van der Waals surface area contributed by atoms with Crippen molar-refractivity contribution in [2.75, 3.05) is 10.6 Å². The number of carbonyl (C=O) groups excluding carboxylic acids is 2. The van der Waals surface area contributed by atoms with Gasteiger partial charge >= 0.3 is 5.97 Å². The van der Waals surface area contributed by atoms with Crippen LogP contribution < -0.4 is 15.4 Å². The fourth-order valence-corrected chi connectivity index (χ4v) is 4.50. The number of aromatic hydroxyl groups is 1. The first-order valence-corrected chi connectivity index (χ1v) is 13.6. The van der Waals surface area contributed by atoms with Crippen molar-refractivity contribution in [1.29, 1.82) is 0 Å². The molecule has 40 heavy (non-hydrogen) atoms. The molecule has 0 aliphatic carbocycles. The van der Waals surface area contributed by atoms with E-state index in [9.17, 15) is 14.7 Å². The minimum atomic E-state index is -0.763. The van der Waals surface area contributed by atoms with Gasteiger partial charge in [0, 0.05) is 18.0 Å². The van der Waals surface area contributed by atoms with Crippen molar-refractivity contribution in [1.82, 2.24) is 15.2 Å². The summed E-state index contributed by atoms with van der Waals surface area (Å²) >= 11 is 1.06. The van der Waals surface area contributed by atoms with Gasteiger partial charge in [-0.2, -0.15) is 0 Å². The molecular formula is C29H33N5O5S. The van der Waals surface area contributed by atoms with E-state index in [2.05, 4.69) is 25.8 Å². The lowest BCUT2D eigenvalue weighted by molar-refractivity contribution is -0.155. The topological polar surface area (TPSA) is 136 Å². The fourth-order valence-electron chi connectivity index (χ4n) is 3.81. The molecular weight excluding hydrogens is 530 g/mol. The highest BCUT2D eigenvalue weighted by Crippen LogP contribution is 2.29. The number of hydrogen-bond donors (Lipinski definition) is 3. The molecule has 0 spiro atoms. The summed E-state index contributed by atoms with van der Waals surface area (Å²) in [5.74, 6) is -0.496. The number of fused-ring (bicyclic) bond motifs is 1. The monoisotopic (exact) mass is 563 g/mol. The quantitative estimate of drug-likeness (QED) is 0.235. The zero-order valence-electron chi connectivity index (χ0n) is 23.3. The number of benzene rings is 2. The Balaban J connectivity index is 1.48. The summed E-state index contributed by atoms with van der Waals surface area (Å²) in [6.07, 6.45) is 1.87. The van der Waals surface area contributed by atoms with Gasteiger partial charge in [0.2, 0.25) is 10.3 Å². The van der Waals surface area contributed by atoms with Gasteiger partial charge < -0.3 is 19.9 Å². The third kappa shape index (κ3) is 7.66. The number of esters is 1. The lowest BCUT2D eigenvalue weighted by Gasteiger charge is -2.24. The second-order valence-electron chi connectivity index (χ2n) is 11.2. The number of rotatable bonds is 8. The molecule has 2 aromatic carbocycles. The summed E-state index contributed by atoms with van der Waals surface area (Å²) in [4.78, 5) is 30.1. The van der Waals surface area contributed by atoms with E-state index in [1.807, 2.05) is 45.0 Å². The van der Waals surface area contributed by atoms with Gasteiger partial charge in [-0.15, -0.1) is 10.2 Å². The number of ether oxygens (including phenoxy) is 2. The molecule has 1 unspecified atom stereocenters.